The van der Waals surface area contributed by atoms with Gasteiger partial charge in [0.05, 0.1) is 6.21 Å². The van der Waals surface area contributed by atoms with E-state index < -0.39 is 11.6 Å². The molecule has 5 heteroatoms. The lowest BCUT2D eigenvalue weighted by Crippen LogP contribution is -2.48. The minimum absolute atomic E-state index is 0.212. The highest BCUT2D eigenvalue weighted by Gasteiger charge is 2.51. The lowest BCUT2D eigenvalue weighted by atomic mass is 9.82. The molecule has 1 saturated carbocycles. The number of amides is 3. The highest BCUT2D eigenvalue weighted by atomic mass is 16.2. The van der Waals surface area contributed by atoms with E-state index in [4.69, 9.17) is 0 Å². The van der Waals surface area contributed by atoms with Crippen LogP contribution in [0.3, 0.4) is 0 Å². The topological polar surface area (TPSA) is 61.8 Å². The molecule has 0 atom stereocenters. The summed E-state index contributed by atoms with van der Waals surface area (Å²) in [6.07, 6.45) is 6.06. The summed E-state index contributed by atoms with van der Waals surface area (Å²) in [5, 5.41) is 7.91. The van der Waals surface area contributed by atoms with E-state index in [1.54, 1.807) is 6.21 Å². The summed E-state index contributed by atoms with van der Waals surface area (Å²) in [6, 6.07) is 7.35. The number of aryl methyl sites for hydroxylation is 1. The van der Waals surface area contributed by atoms with Gasteiger partial charge in [0.1, 0.15) is 5.54 Å². The smallest absolute Gasteiger partial charge is 0.321 e. The number of nitrogens with one attached hydrogen (secondary N) is 1. The highest BCUT2D eigenvalue weighted by Crippen LogP contribution is 2.33. The van der Waals surface area contributed by atoms with E-state index in [9.17, 15) is 9.59 Å². The number of carbonyl (C=O) groups is 2. The molecule has 0 aromatic heterocycles. The Labute approximate surface area is 124 Å². The van der Waals surface area contributed by atoms with E-state index in [0.717, 1.165) is 35.4 Å². The summed E-state index contributed by atoms with van der Waals surface area (Å²) in [6.45, 7) is 1.99. The Morgan fingerprint density at radius 3 is 2.71 bits per heavy atom. The van der Waals surface area contributed by atoms with E-state index in [1.165, 1.54) is 0 Å². The minimum atomic E-state index is -0.709. The van der Waals surface area contributed by atoms with Crippen molar-refractivity contribution < 1.29 is 9.59 Å². The second-order valence-electron chi connectivity index (χ2n) is 5.85. The fourth-order valence-electron chi connectivity index (χ4n) is 3.08. The number of carbonyl (C=O) groups excluding carboxylic acids is 2. The number of rotatable bonds is 2. The molecule has 5 nitrogen and oxygen atoms in total. The van der Waals surface area contributed by atoms with Crippen molar-refractivity contribution in [3.05, 3.63) is 35.4 Å². The quantitative estimate of drug-likeness (QED) is 0.670. The Morgan fingerprint density at radius 1 is 1.24 bits per heavy atom. The first-order chi connectivity index (χ1) is 10.1. The molecule has 3 rings (SSSR count). The fraction of sp³-hybridized carbons (Fsp3) is 0.438. The van der Waals surface area contributed by atoms with Crippen molar-refractivity contribution >= 4 is 18.2 Å². The van der Waals surface area contributed by atoms with Gasteiger partial charge >= 0.3 is 6.03 Å². The van der Waals surface area contributed by atoms with Crippen molar-refractivity contribution in [1.29, 1.82) is 0 Å². The molecule has 21 heavy (non-hydrogen) atoms. The van der Waals surface area contributed by atoms with Gasteiger partial charge in [0.2, 0.25) is 0 Å². The average Bonchev–Trinajstić information content (AvgIpc) is 2.69. The molecule has 0 bridgehead atoms. The molecule has 1 heterocycles. The van der Waals surface area contributed by atoms with Gasteiger partial charge in [-0.25, -0.2) is 4.79 Å². The molecule has 3 amide bonds. The van der Waals surface area contributed by atoms with Gasteiger partial charge in [-0.05, 0) is 25.3 Å². The first-order valence-corrected chi connectivity index (χ1v) is 7.38. The van der Waals surface area contributed by atoms with Gasteiger partial charge in [-0.3, -0.25) is 4.79 Å². The van der Waals surface area contributed by atoms with Crippen molar-refractivity contribution in [3.8, 4) is 0 Å². The number of urea groups is 1. The van der Waals surface area contributed by atoms with Crippen molar-refractivity contribution in [2.75, 3.05) is 0 Å². The summed E-state index contributed by atoms with van der Waals surface area (Å²) in [4.78, 5) is 24.5. The third-order valence-electron chi connectivity index (χ3n) is 4.21. The van der Waals surface area contributed by atoms with E-state index in [0.29, 0.717) is 12.8 Å². The normalized spacial score (nSPS) is 21.3. The maximum absolute atomic E-state index is 12.5. The zero-order valence-electron chi connectivity index (χ0n) is 12.1. The van der Waals surface area contributed by atoms with Crippen LogP contribution in [0.25, 0.3) is 0 Å². The Balaban J connectivity index is 1.79. The van der Waals surface area contributed by atoms with Crippen LogP contribution in [0.1, 0.15) is 43.2 Å². The second-order valence-corrected chi connectivity index (χ2v) is 5.85. The van der Waals surface area contributed by atoms with Crippen molar-refractivity contribution in [2.45, 2.75) is 44.6 Å². The van der Waals surface area contributed by atoms with Gasteiger partial charge in [0, 0.05) is 0 Å². The average molecular weight is 285 g/mol. The summed E-state index contributed by atoms with van der Waals surface area (Å²) < 4.78 is 0. The van der Waals surface area contributed by atoms with Crippen LogP contribution in [0.4, 0.5) is 4.79 Å². The Kier molecular flexibility index (Phi) is 3.49. The number of hydrazone groups is 1. The zero-order chi connectivity index (χ0) is 14.9. The monoisotopic (exact) mass is 285 g/mol. The number of hydrogen-bond donors (Lipinski definition) is 1. The number of benzene rings is 1. The predicted octanol–water partition coefficient (Wildman–Crippen LogP) is 2.58. The van der Waals surface area contributed by atoms with E-state index >= 15 is 0 Å². The van der Waals surface area contributed by atoms with Crippen LogP contribution in [0.2, 0.25) is 0 Å². The molecule has 110 valence electrons. The van der Waals surface area contributed by atoms with Gasteiger partial charge in [0.25, 0.3) is 5.91 Å². The van der Waals surface area contributed by atoms with Crippen molar-refractivity contribution in [3.63, 3.8) is 0 Å². The zero-order valence-corrected chi connectivity index (χ0v) is 12.1. The molecule has 0 unspecified atom stereocenters. The minimum Gasteiger partial charge on any atom is -0.321 e. The second kappa shape index (κ2) is 5.31. The summed E-state index contributed by atoms with van der Waals surface area (Å²) >= 11 is 0. The largest absolute Gasteiger partial charge is 0.346 e. The van der Waals surface area contributed by atoms with E-state index in [-0.39, 0.29) is 5.91 Å². The van der Waals surface area contributed by atoms with Gasteiger partial charge < -0.3 is 5.32 Å². The standard InChI is InChI=1S/C16H19N3O2/c1-12-6-5-7-13(10-12)11-17-19-14(20)16(18-15(19)21)8-3-2-4-9-16/h5-7,10-11H,2-4,8-9H2,1H3,(H,18,21). The molecule has 2 fully saturated rings. The number of hydrogen-bond acceptors (Lipinski definition) is 3. The van der Waals surface area contributed by atoms with E-state index in [2.05, 4.69) is 10.4 Å². The molecule has 1 aromatic carbocycles. The Morgan fingerprint density at radius 2 is 2.00 bits per heavy atom. The Hall–Kier alpha value is -2.17. The molecule has 0 radical (unpaired) electrons. The molecule has 1 aliphatic heterocycles. The maximum atomic E-state index is 12.5. The van der Waals surface area contributed by atoms with Crippen LogP contribution in [-0.4, -0.2) is 28.7 Å². The van der Waals surface area contributed by atoms with Crippen molar-refractivity contribution in [1.82, 2.24) is 10.3 Å². The third-order valence-corrected chi connectivity index (χ3v) is 4.21. The first-order valence-electron chi connectivity index (χ1n) is 7.38. The molecule has 2 aliphatic rings. The summed E-state index contributed by atoms with van der Waals surface area (Å²) in [7, 11) is 0. The summed E-state index contributed by atoms with van der Waals surface area (Å²) in [5.74, 6) is -0.212. The highest BCUT2D eigenvalue weighted by molar-refractivity contribution is 6.07. The molecule has 1 aliphatic carbocycles. The van der Waals surface area contributed by atoms with Crippen LogP contribution in [0.15, 0.2) is 29.4 Å². The van der Waals surface area contributed by atoms with Gasteiger partial charge in [0.15, 0.2) is 0 Å². The van der Waals surface area contributed by atoms with Crippen molar-refractivity contribution in [2.24, 2.45) is 5.10 Å². The number of nitrogens with zero attached hydrogens (tertiary/aromatic N) is 2. The van der Waals surface area contributed by atoms with Gasteiger partial charge in [-0.15, -0.1) is 5.01 Å². The number of imide groups is 1. The SMILES string of the molecule is Cc1cccc(C=NN2C(=O)NC3(CCCCC3)C2=O)c1. The van der Waals surface area contributed by atoms with Crippen LogP contribution in [-0.2, 0) is 4.79 Å². The van der Waals surface area contributed by atoms with Gasteiger partial charge in [-0.1, -0.05) is 49.1 Å². The Bertz CT molecular complexity index is 603. The maximum Gasteiger partial charge on any atom is 0.346 e. The fourth-order valence-corrected chi connectivity index (χ4v) is 3.08. The molecular weight excluding hydrogens is 266 g/mol. The third kappa shape index (κ3) is 2.55. The lowest BCUT2D eigenvalue weighted by molar-refractivity contribution is -0.132. The van der Waals surface area contributed by atoms with Crippen LogP contribution < -0.4 is 5.32 Å². The first kappa shape index (κ1) is 13.8. The molecular formula is C16H19N3O2. The van der Waals surface area contributed by atoms with Crippen LogP contribution >= 0.6 is 0 Å². The molecule has 1 spiro atoms. The summed E-state index contributed by atoms with van der Waals surface area (Å²) in [5.41, 5.74) is 1.28. The predicted molar refractivity (Wildman–Crippen MR) is 80.0 cm³/mol. The van der Waals surface area contributed by atoms with Gasteiger partial charge in [-0.2, -0.15) is 5.10 Å². The van der Waals surface area contributed by atoms with E-state index in [1.807, 2.05) is 31.2 Å². The molecule has 1 N–H and O–H groups in total. The molecule has 1 saturated heterocycles. The lowest BCUT2D eigenvalue weighted by Gasteiger charge is -2.29. The van der Waals surface area contributed by atoms with Crippen LogP contribution in [0.5, 0.6) is 0 Å². The molecule has 1 aromatic rings. The van der Waals surface area contributed by atoms with Crippen LogP contribution in [0, 0.1) is 6.92 Å².